The van der Waals surface area contributed by atoms with E-state index in [9.17, 15) is 4.79 Å². The third-order valence-corrected chi connectivity index (χ3v) is 3.72. The summed E-state index contributed by atoms with van der Waals surface area (Å²) in [6.45, 7) is 5.75. The maximum absolute atomic E-state index is 11.8. The van der Waals surface area contributed by atoms with Gasteiger partial charge in [-0.05, 0) is 55.7 Å². The highest BCUT2D eigenvalue weighted by molar-refractivity contribution is 6.32. The second-order valence-corrected chi connectivity index (χ2v) is 5.34. The van der Waals surface area contributed by atoms with Gasteiger partial charge in [-0.2, -0.15) is 0 Å². The van der Waals surface area contributed by atoms with Gasteiger partial charge in [0.15, 0.2) is 6.73 Å². The van der Waals surface area contributed by atoms with Crippen molar-refractivity contribution in [3.63, 3.8) is 0 Å². The molecule has 0 fully saturated rings. The fourth-order valence-electron chi connectivity index (χ4n) is 1.94. The Morgan fingerprint density at radius 3 is 2.55 bits per heavy atom. The molecule has 1 heterocycles. The van der Waals surface area contributed by atoms with Gasteiger partial charge in [0.2, 0.25) is 0 Å². The van der Waals surface area contributed by atoms with Crippen molar-refractivity contribution in [2.75, 3.05) is 12.0 Å². The van der Waals surface area contributed by atoms with Crippen LogP contribution in [0.1, 0.15) is 16.7 Å². The van der Waals surface area contributed by atoms with Gasteiger partial charge in [-0.15, -0.1) is 0 Å². The first-order valence-electron chi connectivity index (χ1n) is 6.83. The van der Waals surface area contributed by atoms with E-state index in [1.165, 1.54) is 0 Å². The molecule has 2 aromatic rings. The minimum atomic E-state index is -0.371. The molecular formula is C16H18ClN3O2. The number of benzene rings is 1. The van der Waals surface area contributed by atoms with Crippen LogP contribution in [0.4, 0.5) is 10.6 Å². The van der Waals surface area contributed by atoms with Gasteiger partial charge in [0.1, 0.15) is 11.6 Å². The van der Waals surface area contributed by atoms with E-state index in [4.69, 9.17) is 16.3 Å². The van der Waals surface area contributed by atoms with Gasteiger partial charge in [0.05, 0.1) is 0 Å². The standard InChI is InChI=1S/C16H18ClN3O2/c1-10-5-4-6-18-15(10)20-16(21)19-9-22-13-7-11(2)14(17)12(3)8-13/h4-8H,9H2,1-3H3,(H2,18,19,20,21). The average Bonchev–Trinajstić information content (AvgIpc) is 2.47. The van der Waals surface area contributed by atoms with Crippen LogP contribution in [0.3, 0.4) is 0 Å². The number of hydrogen-bond donors (Lipinski definition) is 2. The van der Waals surface area contributed by atoms with Crippen molar-refractivity contribution < 1.29 is 9.53 Å². The molecule has 0 radical (unpaired) electrons. The summed E-state index contributed by atoms with van der Waals surface area (Å²) < 4.78 is 5.51. The zero-order valence-electron chi connectivity index (χ0n) is 12.7. The summed E-state index contributed by atoms with van der Waals surface area (Å²) >= 11 is 6.10. The SMILES string of the molecule is Cc1cccnc1NC(=O)NCOc1cc(C)c(Cl)c(C)c1. The normalized spacial score (nSPS) is 10.2. The van der Waals surface area contributed by atoms with E-state index in [0.717, 1.165) is 21.7 Å². The lowest BCUT2D eigenvalue weighted by Crippen LogP contribution is -2.32. The molecule has 1 aromatic carbocycles. The van der Waals surface area contributed by atoms with Crippen molar-refractivity contribution in [3.8, 4) is 5.75 Å². The largest absolute Gasteiger partial charge is 0.473 e. The van der Waals surface area contributed by atoms with Crippen LogP contribution in [0.5, 0.6) is 5.75 Å². The Bertz CT molecular complexity index is 666. The third-order valence-electron chi connectivity index (χ3n) is 3.12. The molecule has 0 aliphatic heterocycles. The average molecular weight is 320 g/mol. The molecule has 2 N–H and O–H groups in total. The zero-order chi connectivity index (χ0) is 16.1. The highest BCUT2D eigenvalue weighted by atomic mass is 35.5. The summed E-state index contributed by atoms with van der Waals surface area (Å²) in [5, 5.41) is 6.01. The Morgan fingerprint density at radius 1 is 1.23 bits per heavy atom. The molecule has 0 unspecified atom stereocenters. The number of hydrogen-bond acceptors (Lipinski definition) is 3. The molecule has 0 saturated heterocycles. The molecule has 0 aliphatic carbocycles. The van der Waals surface area contributed by atoms with E-state index < -0.39 is 0 Å². The molecular weight excluding hydrogens is 302 g/mol. The summed E-state index contributed by atoms with van der Waals surface area (Å²) in [6.07, 6.45) is 1.62. The van der Waals surface area contributed by atoms with Gasteiger partial charge in [-0.1, -0.05) is 17.7 Å². The maximum Gasteiger partial charge on any atom is 0.323 e. The van der Waals surface area contributed by atoms with E-state index in [2.05, 4.69) is 15.6 Å². The van der Waals surface area contributed by atoms with Crippen LogP contribution in [0, 0.1) is 20.8 Å². The number of nitrogens with one attached hydrogen (secondary N) is 2. The highest BCUT2D eigenvalue weighted by Crippen LogP contribution is 2.25. The maximum atomic E-state index is 11.8. The van der Waals surface area contributed by atoms with Gasteiger partial charge in [-0.25, -0.2) is 9.78 Å². The Kier molecular flexibility index (Phi) is 5.22. The number of rotatable bonds is 4. The van der Waals surface area contributed by atoms with Crippen molar-refractivity contribution in [3.05, 3.63) is 52.2 Å². The molecule has 0 spiro atoms. The lowest BCUT2D eigenvalue weighted by atomic mass is 10.1. The molecule has 0 saturated carbocycles. The molecule has 22 heavy (non-hydrogen) atoms. The van der Waals surface area contributed by atoms with Gasteiger partial charge in [0.25, 0.3) is 0 Å². The summed E-state index contributed by atoms with van der Waals surface area (Å²) in [4.78, 5) is 15.9. The van der Waals surface area contributed by atoms with E-state index in [-0.39, 0.29) is 12.8 Å². The number of carbonyl (C=O) groups excluding carboxylic acids is 1. The summed E-state index contributed by atoms with van der Waals surface area (Å²) in [5.41, 5.74) is 2.76. The Morgan fingerprint density at radius 2 is 1.91 bits per heavy atom. The van der Waals surface area contributed by atoms with E-state index in [0.29, 0.717) is 11.6 Å². The summed E-state index contributed by atoms with van der Waals surface area (Å²) in [7, 11) is 0. The first kappa shape index (κ1) is 16.1. The molecule has 0 atom stereocenters. The van der Waals surface area contributed by atoms with E-state index in [1.54, 1.807) is 6.20 Å². The number of aryl methyl sites for hydroxylation is 3. The Hall–Kier alpha value is -2.27. The first-order chi connectivity index (χ1) is 10.5. The molecule has 0 aliphatic rings. The molecule has 2 amide bonds. The summed E-state index contributed by atoms with van der Waals surface area (Å²) in [6, 6.07) is 6.98. The van der Waals surface area contributed by atoms with Crippen molar-refractivity contribution in [2.24, 2.45) is 0 Å². The number of halogens is 1. The molecule has 5 nitrogen and oxygen atoms in total. The minimum absolute atomic E-state index is 0.0538. The second kappa shape index (κ2) is 7.13. The highest BCUT2D eigenvalue weighted by Gasteiger charge is 2.06. The Balaban J connectivity index is 1.86. The second-order valence-electron chi connectivity index (χ2n) is 4.96. The van der Waals surface area contributed by atoms with Crippen molar-refractivity contribution in [1.29, 1.82) is 0 Å². The fraction of sp³-hybridized carbons (Fsp3) is 0.250. The molecule has 2 rings (SSSR count). The van der Waals surface area contributed by atoms with Crippen LogP contribution >= 0.6 is 11.6 Å². The van der Waals surface area contributed by atoms with Gasteiger partial charge < -0.3 is 10.1 Å². The lowest BCUT2D eigenvalue weighted by molar-refractivity contribution is 0.234. The number of anilines is 1. The number of amides is 2. The number of nitrogens with zero attached hydrogens (tertiary/aromatic N) is 1. The molecule has 6 heteroatoms. The number of carbonyl (C=O) groups is 1. The van der Waals surface area contributed by atoms with Crippen molar-refractivity contribution in [2.45, 2.75) is 20.8 Å². The van der Waals surface area contributed by atoms with Crippen molar-refractivity contribution >= 4 is 23.4 Å². The van der Waals surface area contributed by atoms with Crippen molar-refractivity contribution in [1.82, 2.24) is 10.3 Å². The first-order valence-corrected chi connectivity index (χ1v) is 7.21. The number of ether oxygens (including phenoxy) is 1. The zero-order valence-corrected chi connectivity index (χ0v) is 13.5. The topological polar surface area (TPSA) is 63.2 Å². The van der Waals surface area contributed by atoms with Crippen LogP contribution in [-0.4, -0.2) is 17.7 Å². The van der Waals surface area contributed by atoms with E-state index in [1.807, 2.05) is 45.0 Å². The van der Waals surface area contributed by atoms with Crippen LogP contribution in [0.2, 0.25) is 5.02 Å². The quantitative estimate of drug-likeness (QED) is 0.842. The third kappa shape index (κ3) is 4.11. The van der Waals surface area contributed by atoms with Gasteiger partial charge in [0, 0.05) is 11.2 Å². The smallest absolute Gasteiger partial charge is 0.323 e. The number of pyridine rings is 1. The van der Waals surface area contributed by atoms with Crippen LogP contribution in [0.15, 0.2) is 30.5 Å². The predicted octanol–water partition coefficient (Wildman–Crippen LogP) is 3.82. The van der Waals surface area contributed by atoms with Crippen LogP contribution in [0.25, 0.3) is 0 Å². The lowest BCUT2D eigenvalue weighted by Gasteiger charge is -2.12. The molecule has 1 aromatic heterocycles. The monoisotopic (exact) mass is 319 g/mol. The molecule has 116 valence electrons. The Labute approximate surface area is 134 Å². The van der Waals surface area contributed by atoms with Gasteiger partial charge in [-0.3, -0.25) is 5.32 Å². The van der Waals surface area contributed by atoms with Crippen LogP contribution in [-0.2, 0) is 0 Å². The fourth-order valence-corrected chi connectivity index (χ4v) is 2.05. The van der Waals surface area contributed by atoms with Gasteiger partial charge >= 0.3 is 6.03 Å². The predicted molar refractivity (Wildman–Crippen MR) is 87.5 cm³/mol. The van der Waals surface area contributed by atoms with Crippen LogP contribution < -0.4 is 15.4 Å². The summed E-state index contributed by atoms with van der Waals surface area (Å²) in [5.74, 6) is 1.19. The number of urea groups is 1. The van der Waals surface area contributed by atoms with E-state index >= 15 is 0 Å². The minimum Gasteiger partial charge on any atom is -0.473 e. The molecule has 0 bridgehead atoms. The number of aromatic nitrogens is 1.